The molecule has 27 heavy (non-hydrogen) atoms. The number of phenolic OH excluding ortho intramolecular Hbond substituents is 1. The first-order chi connectivity index (χ1) is 13.1. The highest BCUT2D eigenvalue weighted by atomic mass is 16.5. The molecule has 1 fully saturated rings. The van der Waals surface area contributed by atoms with E-state index < -0.39 is 12.0 Å². The number of esters is 1. The Kier molecular flexibility index (Phi) is 4.29. The van der Waals surface area contributed by atoms with Gasteiger partial charge in [-0.3, -0.25) is 4.79 Å². The zero-order valence-corrected chi connectivity index (χ0v) is 14.2. The van der Waals surface area contributed by atoms with Crippen LogP contribution in [-0.2, 0) is 9.53 Å². The SMILES string of the molecule is O=C(N[C@H]1CCOC1=O)c1ccc(-c2cn(-c3ccc(O)cc3)nn2)cc1. The van der Waals surface area contributed by atoms with Gasteiger partial charge < -0.3 is 15.2 Å². The Bertz CT molecular complexity index is 980. The number of hydrogen-bond donors (Lipinski definition) is 2. The van der Waals surface area contributed by atoms with Crippen LogP contribution in [0.4, 0.5) is 0 Å². The van der Waals surface area contributed by atoms with Gasteiger partial charge in [-0.1, -0.05) is 17.3 Å². The summed E-state index contributed by atoms with van der Waals surface area (Å²) in [5, 5.41) is 20.2. The third-order valence-electron chi connectivity index (χ3n) is 4.29. The average molecular weight is 364 g/mol. The van der Waals surface area contributed by atoms with E-state index in [0.29, 0.717) is 24.3 Å². The molecule has 4 rings (SSSR count). The first kappa shape index (κ1) is 16.8. The van der Waals surface area contributed by atoms with Crippen molar-refractivity contribution in [3.05, 3.63) is 60.3 Å². The van der Waals surface area contributed by atoms with E-state index in [1.54, 1.807) is 59.4 Å². The first-order valence-electron chi connectivity index (χ1n) is 8.40. The Balaban J connectivity index is 1.48. The minimum atomic E-state index is -0.581. The largest absolute Gasteiger partial charge is 0.508 e. The summed E-state index contributed by atoms with van der Waals surface area (Å²) in [6.07, 6.45) is 2.25. The van der Waals surface area contributed by atoms with Crippen molar-refractivity contribution < 1.29 is 19.4 Å². The highest BCUT2D eigenvalue weighted by Gasteiger charge is 2.28. The number of benzene rings is 2. The summed E-state index contributed by atoms with van der Waals surface area (Å²) < 4.78 is 6.44. The Morgan fingerprint density at radius 2 is 1.89 bits per heavy atom. The maximum absolute atomic E-state index is 12.2. The van der Waals surface area contributed by atoms with Gasteiger partial charge in [0.25, 0.3) is 5.91 Å². The van der Waals surface area contributed by atoms with Crippen molar-refractivity contribution in [3.8, 4) is 22.7 Å². The predicted octanol–water partition coefficient (Wildman–Crippen LogP) is 1.69. The van der Waals surface area contributed by atoms with Gasteiger partial charge in [0.05, 0.1) is 18.5 Å². The number of hydrogen-bond acceptors (Lipinski definition) is 6. The molecule has 0 aliphatic carbocycles. The number of carbonyl (C=O) groups is 2. The van der Waals surface area contributed by atoms with E-state index in [0.717, 1.165) is 11.3 Å². The fourth-order valence-corrected chi connectivity index (χ4v) is 2.79. The maximum Gasteiger partial charge on any atom is 0.328 e. The Labute approximate surface area is 154 Å². The van der Waals surface area contributed by atoms with Gasteiger partial charge >= 0.3 is 5.97 Å². The molecule has 0 saturated carbocycles. The van der Waals surface area contributed by atoms with E-state index in [4.69, 9.17) is 4.74 Å². The fraction of sp³-hybridized carbons (Fsp3) is 0.158. The molecule has 2 heterocycles. The molecule has 1 amide bonds. The molecule has 0 radical (unpaired) electrons. The molecule has 8 heteroatoms. The van der Waals surface area contributed by atoms with Gasteiger partial charge in [0.1, 0.15) is 17.5 Å². The van der Waals surface area contributed by atoms with Gasteiger partial charge in [0.2, 0.25) is 0 Å². The number of cyclic esters (lactones) is 1. The van der Waals surface area contributed by atoms with Crippen LogP contribution in [0, 0.1) is 0 Å². The summed E-state index contributed by atoms with van der Waals surface area (Å²) in [4.78, 5) is 23.7. The van der Waals surface area contributed by atoms with Crippen molar-refractivity contribution in [2.45, 2.75) is 12.5 Å². The van der Waals surface area contributed by atoms with E-state index in [-0.39, 0.29) is 11.7 Å². The van der Waals surface area contributed by atoms with Crippen molar-refractivity contribution in [1.82, 2.24) is 20.3 Å². The van der Waals surface area contributed by atoms with Crippen molar-refractivity contribution in [1.29, 1.82) is 0 Å². The normalized spacial score (nSPS) is 16.1. The van der Waals surface area contributed by atoms with E-state index >= 15 is 0 Å². The second-order valence-corrected chi connectivity index (χ2v) is 6.12. The van der Waals surface area contributed by atoms with E-state index in [1.807, 2.05) is 0 Å². The van der Waals surface area contributed by atoms with Crippen LogP contribution >= 0.6 is 0 Å². The molecule has 1 aliphatic rings. The Morgan fingerprint density at radius 1 is 1.15 bits per heavy atom. The summed E-state index contributed by atoms with van der Waals surface area (Å²) in [5.74, 6) is -0.539. The highest BCUT2D eigenvalue weighted by Crippen LogP contribution is 2.20. The van der Waals surface area contributed by atoms with Gasteiger partial charge in [0, 0.05) is 17.5 Å². The third-order valence-corrected chi connectivity index (χ3v) is 4.29. The second-order valence-electron chi connectivity index (χ2n) is 6.12. The molecule has 8 nitrogen and oxygen atoms in total. The number of phenols is 1. The second kappa shape index (κ2) is 6.91. The molecule has 0 bridgehead atoms. The number of nitrogens with zero attached hydrogens (tertiary/aromatic N) is 3. The highest BCUT2D eigenvalue weighted by molar-refractivity contribution is 5.97. The molecule has 0 spiro atoms. The van der Waals surface area contributed by atoms with Gasteiger partial charge in [0.15, 0.2) is 0 Å². The van der Waals surface area contributed by atoms with E-state index in [9.17, 15) is 14.7 Å². The average Bonchev–Trinajstić information content (AvgIpc) is 3.32. The Morgan fingerprint density at radius 3 is 2.56 bits per heavy atom. The summed E-state index contributed by atoms with van der Waals surface area (Å²) >= 11 is 0. The number of aromatic nitrogens is 3. The topological polar surface area (TPSA) is 106 Å². The smallest absolute Gasteiger partial charge is 0.328 e. The van der Waals surface area contributed by atoms with Crippen molar-refractivity contribution in [2.75, 3.05) is 6.61 Å². The summed E-state index contributed by atoms with van der Waals surface area (Å²) in [7, 11) is 0. The number of carbonyl (C=O) groups excluding carboxylic acids is 2. The van der Waals surface area contributed by atoms with Crippen LogP contribution in [0.25, 0.3) is 16.9 Å². The molecular weight excluding hydrogens is 348 g/mol. The minimum absolute atomic E-state index is 0.179. The molecule has 2 N–H and O–H groups in total. The molecule has 1 atom stereocenters. The molecule has 3 aromatic rings. The molecule has 136 valence electrons. The molecule has 0 unspecified atom stereocenters. The van der Waals surface area contributed by atoms with Crippen LogP contribution in [0.5, 0.6) is 5.75 Å². The fourth-order valence-electron chi connectivity index (χ4n) is 2.79. The number of amides is 1. The lowest BCUT2D eigenvalue weighted by Gasteiger charge is -2.09. The minimum Gasteiger partial charge on any atom is -0.508 e. The maximum atomic E-state index is 12.2. The summed E-state index contributed by atoms with van der Waals surface area (Å²) in [5.41, 5.74) is 2.67. The van der Waals surface area contributed by atoms with E-state index in [2.05, 4.69) is 15.6 Å². The van der Waals surface area contributed by atoms with Gasteiger partial charge in [-0.05, 0) is 36.4 Å². The van der Waals surface area contributed by atoms with Crippen molar-refractivity contribution in [3.63, 3.8) is 0 Å². The predicted molar refractivity (Wildman–Crippen MR) is 95.3 cm³/mol. The molecule has 1 aromatic heterocycles. The van der Waals surface area contributed by atoms with Gasteiger partial charge in [-0.15, -0.1) is 5.10 Å². The van der Waals surface area contributed by atoms with E-state index in [1.165, 1.54) is 0 Å². The zero-order chi connectivity index (χ0) is 18.8. The van der Waals surface area contributed by atoms with Gasteiger partial charge in [-0.2, -0.15) is 0 Å². The number of aromatic hydroxyl groups is 1. The lowest BCUT2D eigenvalue weighted by atomic mass is 10.1. The quantitative estimate of drug-likeness (QED) is 0.682. The molecule has 2 aromatic carbocycles. The lowest BCUT2D eigenvalue weighted by Crippen LogP contribution is -2.37. The standard InChI is InChI=1S/C19H16N4O4/c24-15-7-5-14(6-8-15)23-11-17(21-22-23)12-1-3-13(4-2-12)18(25)20-16-9-10-27-19(16)26/h1-8,11,16,24H,9-10H2,(H,20,25)/t16-/m0/s1. The van der Waals surface area contributed by atoms with Crippen LogP contribution in [0.2, 0.25) is 0 Å². The number of nitrogens with one attached hydrogen (secondary N) is 1. The first-order valence-corrected chi connectivity index (χ1v) is 8.40. The number of ether oxygens (including phenoxy) is 1. The van der Waals surface area contributed by atoms with Crippen LogP contribution in [-0.4, -0.2) is 44.6 Å². The van der Waals surface area contributed by atoms with Crippen molar-refractivity contribution in [2.24, 2.45) is 0 Å². The molecular formula is C19H16N4O4. The van der Waals surface area contributed by atoms with Crippen LogP contribution < -0.4 is 5.32 Å². The number of rotatable bonds is 4. The molecule has 1 aliphatic heterocycles. The third kappa shape index (κ3) is 3.50. The molecule has 1 saturated heterocycles. The van der Waals surface area contributed by atoms with Crippen LogP contribution in [0.15, 0.2) is 54.7 Å². The van der Waals surface area contributed by atoms with Crippen LogP contribution in [0.3, 0.4) is 0 Å². The summed E-state index contributed by atoms with van der Waals surface area (Å²) in [6, 6.07) is 12.9. The zero-order valence-electron chi connectivity index (χ0n) is 14.2. The van der Waals surface area contributed by atoms with Gasteiger partial charge in [-0.25, -0.2) is 9.48 Å². The monoisotopic (exact) mass is 364 g/mol. The Hall–Kier alpha value is -3.68. The van der Waals surface area contributed by atoms with Crippen molar-refractivity contribution >= 4 is 11.9 Å². The van der Waals surface area contributed by atoms with Crippen LogP contribution in [0.1, 0.15) is 16.8 Å². The lowest BCUT2D eigenvalue weighted by molar-refractivity contribution is -0.139. The summed E-state index contributed by atoms with van der Waals surface area (Å²) in [6.45, 7) is 0.333.